The lowest BCUT2D eigenvalue weighted by molar-refractivity contribution is -0.137. The quantitative estimate of drug-likeness (QED) is 0.0389. The number of hydrogen-bond acceptors (Lipinski definition) is 5. The Morgan fingerprint density at radius 1 is 0.688 bits per heavy atom. The molecule has 0 spiro atoms. The van der Waals surface area contributed by atoms with Gasteiger partial charge in [-0.3, -0.25) is 0 Å². The molecule has 0 fully saturated rings. The average Bonchev–Trinajstić information content (AvgIpc) is 3.12. The number of aryl methyl sites for hydroxylation is 1. The Labute approximate surface area is 295 Å². The number of unbranched alkanes of at least 4 members (excludes halogenated alkanes) is 4. The van der Waals surface area contributed by atoms with Crippen LogP contribution in [-0.2, 0) is 16.1 Å². The molecule has 0 bridgehead atoms. The first-order valence-electron chi connectivity index (χ1n) is 16.6. The van der Waals surface area contributed by atoms with Crippen molar-refractivity contribution in [1.82, 2.24) is 0 Å². The van der Waals surface area contributed by atoms with Gasteiger partial charge in [0.15, 0.2) is 0 Å². The van der Waals surface area contributed by atoms with Crippen molar-refractivity contribution in [3.05, 3.63) is 137 Å². The van der Waals surface area contributed by atoms with Crippen LogP contribution in [0.2, 0.25) is 0 Å². The number of carbonyl (C=O) groups excluding carboxylic acids is 1. The largest absolute Gasteiger partial charge is 0.489 e. The third kappa shape index (κ3) is 13.4. The molecule has 0 aliphatic carbocycles. The molecule has 0 saturated heterocycles. The van der Waals surface area contributed by atoms with Gasteiger partial charge in [0.25, 0.3) is 0 Å². The van der Waals surface area contributed by atoms with Crippen LogP contribution in [-0.4, -0.2) is 24.1 Å². The van der Waals surface area contributed by atoms with Crippen LogP contribution in [0.5, 0.6) is 5.75 Å². The fourth-order valence-corrected chi connectivity index (χ4v) is 6.41. The molecule has 4 aromatic carbocycles. The van der Waals surface area contributed by atoms with Crippen LogP contribution in [0, 0.1) is 30.6 Å². The predicted octanol–water partition coefficient (Wildman–Crippen LogP) is 10.6. The van der Waals surface area contributed by atoms with Gasteiger partial charge < -0.3 is 9.47 Å². The molecular formula is C43H44O3S2. The normalized spacial score (nSPS) is 10.3. The molecule has 4 aromatic rings. The lowest BCUT2D eigenvalue weighted by atomic mass is 10.1. The Kier molecular flexibility index (Phi) is 15.9. The van der Waals surface area contributed by atoms with Gasteiger partial charge in [0.05, 0.1) is 6.61 Å². The highest BCUT2D eigenvalue weighted by atomic mass is 32.2. The molecule has 246 valence electrons. The summed E-state index contributed by atoms with van der Waals surface area (Å²) in [4.78, 5) is 13.6. The minimum atomic E-state index is -0.376. The van der Waals surface area contributed by atoms with Gasteiger partial charge in [-0.1, -0.05) is 75.0 Å². The number of benzene rings is 4. The van der Waals surface area contributed by atoms with Crippen LogP contribution in [0.25, 0.3) is 0 Å². The van der Waals surface area contributed by atoms with Gasteiger partial charge >= 0.3 is 5.97 Å². The van der Waals surface area contributed by atoms with E-state index in [1.807, 2.05) is 48.2 Å². The van der Waals surface area contributed by atoms with E-state index in [1.165, 1.54) is 48.8 Å². The van der Waals surface area contributed by atoms with E-state index in [-0.39, 0.29) is 5.97 Å². The Morgan fingerprint density at radius 2 is 1.21 bits per heavy atom. The summed E-state index contributed by atoms with van der Waals surface area (Å²) in [5, 5.41) is 0. The zero-order chi connectivity index (χ0) is 33.8. The molecule has 4 rings (SSSR count). The van der Waals surface area contributed by atoms with Gasteiger partial charge in [0.1, 0.15) is 12.4 Å². The van der Waals surface area contributed by atoms with Crippen molar-refractivity contribution in [3.63, 3.8) is 0 Å². The second-order valence-corrected chi connectivity index (χ2v) is 13.7. The van der Waals surface area contributed by atoms with Crippen molar-refractivity contribution in [1.29, 1.82) is 0 Å². The Morgan fingerprint density at radius 3 is 1.77 bits per heavy atom. The van der Waals surface area contributed by atoms with E-state index in [1.54, 1.807) is 11.8 Å². The molecule has 48 heavy (non-hydrogen) atoms. The van der Waals surface area contributed by atoms with E-state index in [2.05, 4.69) is 98.7 Å². The molecule has 0 saturated carbocycles. The van der Waals surface area contributed by atoms with Crippen LogP contribution in [0.1, 0.15) is 78.8 Å². The summed E-state index contributed by atoms with van der Waals surface area (Å²) in [6, 6.07) is 31.1. The molecule has 0 radical (unpaired) electrons. The van der Waals surface area contributed by atoms with Crippen LogP contribution in [0.4, 0.5) is 0 Å². The van der Waals surface area contributed by atoms with E-state index in [4.69, 9.17) is 9.47 Å². The number of thioether (sulfide) groups is 2. The highest BCUT2D eigenvalue weighted by Gasteiger charge is 2.03. The number of rotatable bonds is 16. The minimum Gasteiger partial charge on any atom is -0.489 e. The van der Waals surface area contributed by atoms with E-state index in [9.17, 15) is 4.79 Å². The monoisotopic (exact) mass is 672 g/mol. The first-order valence-corrected chi connectivity index (χ1v) is 18.6. The van der Waals surface area contributed by atoms with Crippen molar-refractivity contribution in [2.45, 2.75) is 68.8 Å². The second-order valence-electron chi connectivity index (χ2n) is 11.4. The maximum absolute atomic E-state index is 11.1. The Bertz CT molecular complexity index is 1720. The average molecular weight is 673 g/mol. The number of carbonyl (C=O) groups is 1. The SMILES string of the molecule is C=CC(=O)OCCCSc1ccc(C#Cc2ccc(COc3ccc(C#Cc4ccc(SCCCCCCC)cc4)cc3C)cc2)cc1. The third-order valence-electron chi connectivity index (χ3n) is 7.42. The third-order valence-corrected chi connectivity index (χ3v) is 9.62. The van der Waals surface area contributed by atoms with Crippen LogP contribution < -0.4 is 4.74 Å². The summed E-state index contributed by atoms with van der Waals surface area (Å²) in [5.41, 5.74) is 6.07. The summed E-state index contributed by atoms with van der Waals surface area (Å²) < 4.78 is 11.1. The molecule has 0 aliphatic heterocycles. The lowest BCUT2D eigenvalue weighted by Gasteiger charge is -2.09. The maximum Gasteiger partial charge on any atom is 0.330 e. The Balaban J connectivity index is 1.20. The van der Waals surface area contributed by atoms with E-state index < -0.39 is 0 Å². The van der Waals surface area contributed by atoms with Gasteiger partial charge in [0.2, 0.25) is 0 Å². The fraction of sp³-hybridized carbons (Fsp3) is 0.279. The van der Waals surface area contributed by atoms with Crippen LogP contribution in [0.15, 0.2) is 113 Å². The zero-order valence-corrected chi connectivity index (χ0v) is 29.7. The molecule has 0 aliphatic rings. The first-order chi connectivity index (χ1) is 23.5. The molecule has 5 heteroatoms. The fourth-order valence-electron chi connectivity index (χ4n) is 4.67. The molecule has 0 unspecified atom stereocenters. The van der Waals surface area contributed by atoms with Gasteiger partial charge in [0, 0.05) is 43.9 Å². The smallest absolute Gasteiger partial charge is 0.330 e. The maximum atomic E-state index is 11.1. The van der Waals surface area contributed by atoms with Gasteiger partial charge in [-0.15, -0.1) is 23.5 Å². The zero-order valence-electron chi connectivity index (χ0n) is 28.1. The summed E-state index contributed by atoms with van der Waals surface area (Å²) in [6.07, 6.45) is 8.59. The van der Waals surface area contributed by atoms with Gasteiger partial charge in [-0.05, 0) is 116 Å². The highest BCUT2D eigenvalue weighted by Crippen LogP contribution is 2.23. The van der Waals surface area contributed by atoms with Crippen molar-refractivity contribution < 1.29 is 14.3 Å². The van der Waals surface area contributed by atoms with Crippen molar-refractivity contribution in [2.75, 3.05) is 18.1 Å². The summed E-state index contributed by atoms with van der Waals surface area (Å²) >= 11 is 3.67. The van der Waals surface area contributed by atoms with Crippen molar-refractivity contribution in [2.24, 2.45) is 0 Å². The molecule has 0 N–H and O–H groups in total. The lowest BCUT2D eigenvalue weighted by Crippen LogP contribution is -2.02. The van der Waals surface area contributed by atoms with E-state index >= 15 is 0 Å². The predicted molar refractivity (Wildman–Crippen MR) is 203 cm³/mol. The molecule has 0 aromatic heterocycles. The van der Waals surface area contributed by atoms with Gasteiger partial charge in [-0.2, -0.15) is 0 Å². The standard InChI is InChI=1S/C43H44O3S2/c1-4-6-7-8-9-30-47-40-24-21-37(22-25-40)13-16-38-23-28-42(34(3)32-38)46-33-39-17-14-35(15-18-39)11-12-36-19-26-41(27-20-36)48-31-10-29-45-43(44)5-2/h5,14-15,17-28,32H,2,4,6-10,29-31,33H2,1,3H3. The van der Waals surface area contributed by atoms with Crippen LogP contribution in [0.3, 0.4) is 0 Å². The van der Waals surface area contributed by atoms with Crippen molar-refractivity contribution in [3.8, 4) is 29.4 Å². The molecule has 0 heterocycles. The topological polar surface area (TPSA) is 35.5 Å². The molecule has 0 atom stereocenters. The first kappa shape index (κ1) is 36.5. The Hall–Kier alpha value is -4.29. The van der Waals surface area contributed by atoms with Gasteiger partial charge in [-0.25, -0.2) is 4.79 Å². The van der Waals surface area contributed by atoms with Crippen LogP contribution >= 0.6 is 23.5 Å². The second kappa shape index (κ2) is 20.8. The highest BCUT2D eigenvalue weighted by molar-refractivity contribution is 7.99. The summed E-state index contributed by atoms with van der Waals surface area (Å²) in [7, 11) is 0. The number of esters is 1. The van der Waals surface area contributed by atoms with E-state index in [0.29, 0.717) is 13.2 Å². The molecular weight excluding hydrogens is 629 g/mol. The summed E-state index contributed by atoms with van der Waals surface area (Å²) in [6.45, 7) is 8.60. The number of ether oxygens (including phenoxy) is 2. The minimum absolute atomic E-state index is 0.376. The molecule has 3 nitrogen and oxygen atoms in total. The van der Waals surface area contributed by atoms with E-state index in [0.717, 1.165) is 56.2 Å². The number of hydrogen-bond donors (Lipinski definition) is 0. The summed E-state index contributed by atoms with van der Waals surface area (Å²) in [5.74, 6) is 15.6. The van der Waals surface area contributed by atoms with Crippen molar-refractivity contribution >= 4 is 29.5 Å². The molecule has 0 amide bonds.